The first-order chi connectivity index (χ1) is 13.4. The van der Waals surface area contributed by atoms with E-state index >= 15 is 0 Å². The van der Waals surface area contributed by atoms with Crippen LogP contribution < -0.4 is 10.5 Å². The highest BCUT2D eigenvalue weighted by Gasteiger charge is 2.26. The summed E-state index contributed by atoms with van der Waals surface area (Å²) < 4.78 is 1.21. The van der Waals surface area contributed by atoms with Crippen LogP contribution in [0.1, 0.15) is 16.8 Å². The number of benzene rings is 2. The molecular formula is C21H19N3O4. The Hall–Kier alpha value is -3.48. The third-order valence-corrected chi connectivity index (χ3v) is 5.04. The molecule has 1 aromatic heterocycles. The zero-order valence-corrected chi connectivity index (χ0v) is 15.4. The van der Waals surface area contributed by atoms with Crippen LogP contribution in [0, 0.1) is 6.92 Å². The summed E-state index contributed by atoms with van der Waals surface area (Å²) in [6.45, 7) is 2.16. The maximum absolute atomic E-state index is 12.9. The summed E-state index contributed by atoms with van der Waals surface area (Å²) in [5.41, 5.74) is 2.75. The molecular weight excluding hydrogens is 358 g/mol. The Morgan fingerprint density at radius 3 is 2.64 bits per heavy atom. The Kier molecular flexibility index (Phi) is 4.43. The van der Waals surface area contributed by atoms with E-state index < -0.39 is 5.97 Å². The van der Waals surface area contributed by atoms with Gasteiger partial charge in [-0.25, -0.2) is 4.68 Å². The number of carbonyl (C=O) groups is 2. The molecule has 7 nitrogen and oxygen atoms in total. The van der Waals surface area contributed by atoms with Gasteiger partial charge in [-0.1, -0.05) is 30.3 Å². The highest BCUT2D eigenvalue weighted by Crippen LogP contribution is 2.29. The Morgan fingerprint density at radius 2 is 1.89 bits per heavy atom. The molecule has 1 aliphatic heterocycles. The number of aliphatic carboxylic acids is 1. The average Bonchev–Trinajstić information content (AvgIpc) is 3.09. The number of carboxylic acid groups (broad SMARTS) is 1. The second-order valence-electron chi connectivity index (χ2n) is 6.92. The van der Waals surface area contributed by atoms with Crippen LogP contribution in [-0.4, -0.2) is 33.3 Å². The molecule has 1 aliphatic rings. The monoisotopic (exact) mass is 377 g/mol. The minimum Gasteiger partial charge on any atom is -0.481 e. The Morgan fingerprint density at radius 1 is 1.14 bits per heavy atom. The van der Waals surface area contributed by atoms with Gasteiger partial charge in [0.1, 0.15) is 6.54 Å². The predicted octanol–water partition coefficient (Wildman–Crippen LogP) is 1.92. The molecule has 0 saturated carbocycles. The van der Waals surface area contributed by atoms with Crippen LogP contribution >= 0.6 is 0 Å². The van der Waals surface area contributed by atoms with E-state index in [1.54, 1.807) is 29.2 Å². The Balaban J connectivity index is 1.65. The number of aromatic nitrogens is 2. The van der Waals surface area contributed by atoms with Crippen LogP contribution in [0.15, 0.2) is 47.3 Å². The van der Waals surface area contributed by atoms with Crippen molar-refractivity contribution in [2.75, 3.05) is 11.4 Å². The molecule has 0 fully saturated rings. The molecule has 0 bridgehead atoms. The van der Waals surface area contributed by atoms with Crippen LogP contribution in [-0.2, 0) is 29.0 Å². The van der Waals surface area contributed by atoms with Crippen molar-refractivity contribution in [1.82, 2.24) is 9.78 Å². The van der Waals surface area contributed by atoms with Crippen LogP contribution in [0.25, 0.3) is 10.8 Å². The van der Waals surface area contributed by atoms with E-state index in [0.29, 0.717) is 35.3 Å². The molecule has 1 amide bonds. The van der Waals surface area contributed by atoms with Gasteiger partial charge in [-0.15, -0.1) is 0 Å². The van der Waals surface area contributed by atoms with E-state index in [4.69, 9.17) is 5.11 Å². The number of carbonyl (C=O) groups excluding carboxylic acids is 1. The first-order valence-electron chi connectivity index (χ1n) is 9.04. The zero-order chi connectivity index (χ0) is 19.8. The molecule has 0 spiro atoms. The number of rotatable bonds is 4. The number of hydrogen-bond acceptors (Lipinski definition) is 4. The molecule has 3 aromatic rings. The van der Waals surface area contributed by atoms with Crippen LogP contribution in [0.4, 0.5) is 5.69 Å². The topological polar surface area (TPSA) is 92.5 Å². The molecule has 7 heteroatoms. The van der Waals surface area contributed by atoms with Crippen molar-refractivity contribution in [3.63, 3.8) is 0 Å². The lowest BCUT2D eigenvalue weighted by molar-refractivity contribution is -0.136. The fraction of sp³-hybridized carbons (Fsp3) is 0.238. The van der Waals surface area contributed by atoms with Crippen molar-refractivity contribution in [3.8, 4) is 0 Å². The molecule has 2 heterocycles. The molecule has 2 aromatic carbocycles. The highest BCUT2D eigenvalue weighted by molar-refractivity contribution is 5.95. The van der Waals surface area contributed by atoms with Crippen molar-refractivity contribution >= 4 is 28.3 Å². The summed E-state index contributed by atoms with van der Waals surface area (Å²) >= 11 is 0. The number of nitrogens with zero attached hydrogens (tertiary/aromatic N) is 3. The van der Waals surface area contributed by atoms with Gasteiger partial charge in [-0.3, -0.25) is 14.4 Å². The summed E-state index contributed by atoms with van der Waals surface area (Å²) in [5, 5.41) is 14.6. The summed E-state index contributed by atoms with van der Waals surface area (Å²) in [6.07, 6.45) is 0.605. The van der Waals surface area contributed by atoms with Crippen molar-refractivity contribution < 1.29 is 14.7 Å². The molecule has 28 heavy (non-hydrogen) atoms. The number of aryl methyl sites for hydroxylation is 1. The SMILES string of the molecule is Cc1nn(CC(=O)N2CCc3ccc(CC(=O)O)cc32)c(=O)c2ccccc12. The van der Waals surface area contributed by atoms with Crippen molar-refractivity contribution in [2.24, 2.45) is 0 Å². The van der Waals surface area contributed by atoms with Gasteiger partial charge in [0.15, 0.2) is 0 Å². The summed E-state index contributed by atoms with van der Waals surface area (Å²) in [5.74, 6) is -1.16. The number of amides is 1. The maximum Gasteiger partial charge on any atom is 0.307 e. The largest absolute Gasteiger partial charge is 0.481 e. The van der Waals surface area contributed by atoms with Gasteiger partial charge in [0, 0.05) is 17.6 Å². The maximum atomic E-state index is 12.9. The van der Waals surface area contributed by atoms with Crippen LogP contribution in [0.2, 0.25) is 0 Å². The first-order valence-corrected chi connectivity index (χ1v) is 9.04. The third-order valence-electron chi connectivity index (χ3n) is 5.04. The van der Waals surface area contributed by atoms with E-state index in [0.717, 1.165) is 10.9 Å². The highest BCUT2D eigenvalue weighted by atomic mass is 16.4. The van der Waals surface area contributed by atoms with Crippen molar-refractivity contribution in [2.45, 2.75) is 26.3 Å². The molecule has 142 valence electrons. The van der Waals surface area contributed by atoms with Gasteiger partial charge in [0.25, 0.3) is 5.56 Å². The van der Waals surface area contributed by atoms with E-state index in [1.165, 1.54) is 4.68 Å². The number of anilines is 1. The van der Waals surface area contributed by atoms with E-state index in [1.807, 2.05) is 25.1 Å². The normalized spacial score (nSPS) is 13.0. The van der Waals surface area contributed by atoms with E-state index in [9.17, 15) is 14.4 Å². The Bertz CT molecular complexity index is 1170. The number of hydrogen-bond donors (Lipinski definition) is 1. The third kappa shape index (κ3) is 3.15. The molecule has 4 rings (SSSR count). The summed E-state index contributed by atoms with van der Waals surface area (Å²) in [6, 6.07) is 12.6. The lowest BCUT2D eigenvalue weighted by Crippen LogP contribution is -2.36. The molecule has 0 radical (unpaired) electrons. The fourth-order valence-corrected chi connectivity index (χ4v) is 3.69. The molecule has 0 saturated heterocycles. The molecule has 1 N–H and O–H groups in total. The molecule has 0 unspecified atom stereocenters. The second-order valence-corrected chi connectivity index (χ2v) is 6.92. The lowest BCUT2D eigenvalue weighted by atomic mass is 10.1. The van der Waals surface area contributed by atoms with Gasteiger partial charge in [-0.05, 0) is 36.6 Å². The van der Waals surface area contributed by atoms with Gasteiger partial charge < -0.3 is 10.0 Å². The van der Waals surface area contributed by atoms with Gasteiger partial charge in [0.2, 0.25) is 5.91 Å². The van der Waals surface area contributed by atoms with Crippen molar-refractivity contribution in [3.05, 3.63) is 69.6 Å². The van der Waals surface area contributed by atoms with E-state index in [-0.39, 0.29) is 24.4 Å². The molecule has 0 aliphatic carbocycles. The average molecular weight is 377 g/mol. The predicted molar refractivity (Wildman–Crippen MR) is 105 cm³/mol. The van der Waals surface area contributed by atoms with Crippen LogP contribution in [0.3, 0.4) is 0 Å². The lowest BCUT2D eigenvalue weighted by Gasteiger charge is -2.18. The van der Waals surface area contributed by atoms with Crippen molar-refractivity contribution in [1.29, 1.82) is 0 Å². The fourth-order valence-electron chi connectivity index (χ4n) is 3.69. The second kappa shape index (κ2) is 6.92. The minimum atomic E-state index is -0.918. The smallest absolute Gasteiger partial charge is 0.307 e. The summed E-state index contributed by atoms with van der Waals surface area (Å²) in [7, 11) is 0. The van der Waals surface area contributed by atoms with Gasteiger partial charge in [-0.2, -0.15) is 5.10 Å². The quantitative estimate of drug-likeness (QED) is 0.750. The Labute approximate surface area is 160 Å². The minimum absolute atomic E-state index is 0.0970. The number of fused-ring (bicyclic) bond motifs is 2. The molecule has 0 atom stereocenters. The number of carboxylic acids is 1. The zero-order valence-electron chi connectivity index (χ0n) is 15.4. The first kappa shape index (κ1) is 17.9. The summed E-state index contributed by atoms with van der Waals surface area (Å²) in [4.78, 5) is 38.2. The van der Waals surface area contributed by atoms with E-state index in [2.05, 4.69) is 5.10 Å². The van der Waals surface area contributed by atoms with Gasteiger partial charge >= 0.3 is 5.97 Å². The van der Waals surface area contributed by atoms with Crippen LogP contribution in [0.5, 0.6) is 0 Å². The standard InChI is InChI=1S/C21H19N3O4/c1-13-16-4-2-3-5-17(16)21(28)24(22-13)12-19(25)23-9-8-15-7-6-14(10-18(15)23)11-20(26)27/h2-7,10H,8-9,11-12H2,1H3,(H,26,27). The van der Waals surface area contributed by atoms with Gasteiger partial charge in [0.05, 0.1) is 17.5 Å².